The fourth-order valence-electron chi connectivity index (χ4n) is 4.07. The number of aliphatic hydroxyl groups is 3. The van der Waals surface area contributed by atoms with E-state index in [0.717, 1.165) is 21.4 Å². The molecule has 0 amide bonds. The van der Waals surface area contributed by atoms with E-state index in [1.165, 1.54) is 13.1 Å². The van der Waals surface area contributed by atoms with E-state index in [1.807, 2.05) is 4.98 Å². The van der Waals surface area contributed by atoms with Crippen LogP contribution in [0.4, 0.5) is 0 Å². The monoisotopic (exact) mass is 628 g/mol. The summed E-state index contributed by atoms with van der Waals surface area (Å²) < 4.78 is 50.5. The molecular weight excluding hydrogens is 602 g/mol. The molecule has 5 unspecified atom stereocenters. The van der Waals surface area contributed by atoms with Gasteiger partial charge in [0.05, 0.1) is 19.3 Å². The van der Waals surface area contributed by atoms with E-state index in [-0.39, 0.29) is 12.0 Å². The van der Waals surface area contributed by atoms with Crippen LogP contribution in [0.25, 0.3) is 0 Å². The highest BCUT2D eigenvalue weighted by molar-refractivity contribution is 7.61. The molecule has 9 atom stereocenters. The molecule has 2 aliphatic rings. The predicted molar refractivity (Wildman–Crippen MR) is 130 cm³/mol. The molecule has 228 valence electrons. The van der Waals surface area contributed by atoms with E-state index in [4.69, 9.17) is 9.47 Å². The second-order valence-corrected chi connectivity index (χ2v) is 12.1. The normalized spacial score (nSPS) is 31.1. The number of H-pyrrole nitrogens is 2. The van der Waals surface area contributed by atoms with E-state index >= 15 is 0 Å². The van der Waals surface area contributed by atoms with Gasteiger partial charge in [-0.3, -0.25) is 37.7 Å². The molecule has 0 aliphatic carbocycles. The Labute approximate surface area is 227 Å². The highest BCUT2D eigenvalue weighted by Crippen LogP contribution is 2.60. The lowest BCUT2D eigenvalue weighted by Crippen LogP contribution is -2.37. The molecule has 22 heteroatoms. The van der Waals surface area contributed by atoms with E-state index in [9.17, 15) is 53.4 Å². The summed E-state index contributed by atoms with van der Waals surface area (Å²) in [7, 11) is -10.7. The van der Waals surface area contributed by atoms with Gasteiger partial charge in [-0.25, -0.2) is 18.7 Å². The van der Waals surface area contributed by atoms with Crippen LogP contribution < -0.4 is 22.5 Å². The van der Waals surface area contributed by atoms with Crippen LogP contribution in [0.5, 0.6) is 0 Å². The van der Waals surface area contributed by atoms with Gasteiger partial charge in [0.2, 0.25) is 0 Å². The third-order valence-electron chi connectivity index (χ3n) is 6.13. The van der Waals surface area contributed by atoms with Crippen molar-refractivity contribution in [3.05, 3.63) is 65.7 Å². The van der Waals surface area contributed by atoms with Crippen LogP contribution in [-0.2, 0) is 32.0 Å². The van der Waals surface area contributed by atoms with Crippen LogP contribution in [0.15, 0.2) is 37.6 Å². The Hall–Kier alpha value is -2.58. The first-order valence-electron chi connectivity index (χ1n) is 11.7. The Kier molecular flexibility index (Phi) is 9.15. The molecule has 2 aliphatic heterocycles. The molecule has 2 aromatic heterocycles. The molecule has 0 spiro atoms. The van der Waals surface area contributed by atoms with E-state index < -0.39 is 94.3 Å². The lowest BCUT2D eigenvalue weighted by atomic mass is 10.1. The molecule has 7 N–H and O–H groups in total. The van der Waals surface area contributed by atoms with Crippen molar-refractivity contribution in [2.24, 2.45) is 0 Å². The van der Waals surface area contributed by atoms with Crippen molar-refractivity contribution in [1.29, 1.82) is 0 Å². The Morgan fingerprint density at radius 2 is 1.54 bits per heavy atom. The maximum atomic E-state index is 12.3. The van der Waals surface area contributed by atoms with Crippen LogP contribution >= 0.6 is 15.6 Å². The maximum Gasteiger partial charge on any atom is 0.481 e. The number of phosphoric ester groups is 2. The van der Waals surface area contributed by atoms with Crippen LogP contribution in [-0.4, -0.2) is 87.9 Å². The van der Waals surface area contributed by atoms with E-state index in [2.05, 4.69) is 18.3 Å². The number of aryl methyl sites for hydroxylation is 1. The number of aromatic amines is 2. The minimum Gasteiger partial charge on any atom is -0.390 e. The first-order chi connectivity index (χ1) is 19.1. The number of hydrogen-bond acceptors (Lipinski definition) is 14. The number of rotatable bonds is 10. The lowest BCUT2D eigenvalue weighted by Gasteiger charge is -2.21. The zero-order valence-electron chi connectivity index (χ0n) is 20.9. The minimum absolute atomic E-state index is 0.167. The second kappa shape index (κ2) is 12.0. The molecule has 2 fully saturated rings. The van der Waals surface area contributed by atoms with Crippen molar-refractivity contribution < 1.29 is 57.1 Å². The zero-order chi connectivity index (χ0) is 30.3. The molecule has 0 radical (unpaired) electrons. The Morgan fingerprint density at radius 1 is 0.927 bits per heavy atom. The molecule has 41 heavy (non-hydrogen) atoms. The fourth-order valence-corrected chi connectivity index (χ4v) is 6.16. The zero-order valence-corrected chi connectivity index (χ0v) is 22.7. The van der Waals surface area contributed by atoms with Gasteiger partial charge in [0.25, 0.3) is 11.1 Å². The summed E-state index contributed by atoms with van der Waals surface area (Å²) in [6, 6.07) is 0.947. The van der Waals surface area contributed by atoms with Gasteiger partial charge in [-0.05, 0) is 6.92 Å². The average Bonchev–Trinajstić information content (AvgIpc) is 3.37. The highest BCUT2D eigenvalue weighted by Gasteiger charge is 2.46. The summed E-state index contributed by atoms with van der Waals surface area (Å²) >= 11 is 0. The topological polar surface area (TPSA) is 291 Å². The summed E-state index contributed by atoms with van der Waals surface area (Å²) in [6.07, 6.45) is -8.21. The van der Waals surface area contributed by atoms with Crippen molar-refractivity contribution in [2.75, 3.05) is 13.2 Å². The Bertz CT molecular complexity index is 1600. The first kappa shape index (κ1) is 31.4. The molecule has 4 heterocycles. The predicted octanol–water partition coefficient (Wildman–Crippen LogP) is -3.09. The Balaban J connectivity index is 1.31. The number of aromatic nitrogens is 4. The summed E-state index contributed by atoms with van der Waals surface area (Å²) in [4.78, 5) is 70.5. The molecule has 0 saturated carbocycles. The van der Waals surface area contributed by atoms with Crippen molar-refractivity contribution >= 4 is 15.6 Å². The van der Waals surface area contributed by atoms with Crippen LogP contribution in [0.3, 0.4) is 0 Å². The number of phosphoric acid groups is 2. The van der Waals surface area contributed by atoms with Crippen LogP contribution in [0.2, 0.25) is 0 Å². The third kappa shape index (κ3) is 7.26. The van der Waals surface area contributed by atoms with Crippen LogP contribution in [0, 0.1) is 6.92 Å². The third-order valence-corrected chi connectivity index (χ3v) is 8.73. The number of nitrogens with one attached hydrogen (secondary N) is 2. The van der Waals surface area contributed by atoms with Crippen molar-refractivity contribution in [3.8, 4) is 0 Å². The summed E-state index contributed by atoms with van der Waals surface area (Å²) in [6.45, 7) is -0.377. The van der Waals surface area contributed by atoms with Gasteiger partial charge >= 0.3 is 27.0 Å². The van der Waals surface area contributed by atoms with Crippen molar-refractivity contribution in [2.45, 2.75) is 56.3 Å². The molecular formula is C19H26N4O16P2. The van der Waals surface area contributed by atoms with Gasteiger partial charge in [-0.1, -0.05) is 0 Å². The average molecular weight is 628 g/mol. The molecule has 20 nitrogen and oxygen atoms in total. The summed E-state index contributed by atoms with van der Waals surface area (Å²) in [5.74, 6) is 0. The molecule has 0 aromatic carbocycles. The smallest absolute Gasteiger partial charge is 0.390 e. The number of nitrogens with zero attached hydrogens (tertiary/aromatic N) is 2. The summed E-state index contributed by atoms with van der Waals surface area (Å²) in [5, 5.41) is 30.6. The number of aliphatic hydroxyl groups excluding tert-OH is 3. The summed E-state index contributed by atoms with van der Waals surface area (Å²) in [5.41, 5.74) is -2.97. The van der Waals surface area contributed by atoms with Crippen molar-refractivity contribution in [1.82, 2.24) is 19.1 Å². The van der Waals surface area contributed by atoms with Crippen LogP contribution in [0.1, 0.15) is 24.4 Å². The number of hydrogen-bond donors (Lipinski definition) is 7. The first-order valence-corrected chi connectivity index (χ1v) is 14.7. The molecule has 2 aromatic rings. The minimum atomic E-state index is -5.38. The van der Waals surface area contributed by atoms with Gasteiger partial charge in [0, 0.05) is 30.4 Å². The fraction of sp³-hybridized carbons (Fsp3) is 0.579. The van der Waals surface area contributed by atoms with Crippen molar-refractivity contribution in [3.63, 3.8) is 0 Å². The quantitative estimate of drug-likeness (QED) is 0.128. The van der Waals surface area contributed by atoms with E-state index in [0.29, 0.717) is 0 Å². The van der Waals surface area contributed by atoms with Gasteiger partial charge in [-0.15, -0.1) is 0 Å². The van der Waals surface area contributed by atoms with Gasteiger partial charge in [0.1, 0.15) is 30.6 Å². The maximum absolute atomic E-state index is 12.3. The van der Waals surface area contributed by atoms with Gasteiger partial charge in [-0.2, -0.15) is 4.31 Å². The van der Waals surface area contributed by atoms with E-state index in [1.54, 1.807) is 0 Å². The van der Waals surface area contributed by atoms with Gasteiger partial charge in [0.15, 0.2) is 6.23 Å². The largest absolute Gasteiger partial charge is 0.481 e. The lowest BCUT2D eigenvalue weighted by molar-refractivity contribution is -0.0551. The standard InChI is InChI=1S/C19H26N4O16P2/c1-8-5-23(19(30)21-16(8)28)13-4-9(24)10(37-13)6-35-40(31,32)39-41(33,34)36-7-11-14(26)15(27)17(38-11)22-3-2-12(25)20-18(22)29/h2-3,5,9-11,13-15,17,24,26-27H,4,6-7H2,1H3,(H,31,32)(H,33,34)(H,20,25,29)(H,21,28,30)/t9?,10-,11-,13-,14?,15?,17-/m1/s1. The Morgan fingerprint density at radius 3 is 2.17 bits per heavy atom. The number of ether oxygens (including phenoxy) is 2. The molecule has 2 saturated heterocycles. The highest BCUT2D eigenvalue weighted by atomic mass is 31.3. The van der Waals surface area contributed by atoms with Gasteiger partial charge < -0.3 is 34.6 Å². The second-order valence-electron chi connectivity index (χ2n) is 9.08. The molecule has 0 bridgehead atoms. The SMILES string of the molecule is Cc1cn([C@H]2CC(O)[C@@H](COP(=O)(O)OP(=O)(O)OC[C@H]3O[C@@H](n4ccc(=O)[nH]c4=O)C(O)C3O)O2)c(=O)[nH]c1=O. The molecule has 4 rings (SSSR count).